The highest BCUT2D eigenvalue weighted by Crippen LogP contribution is 2.29. The van der Waals surface area contributed by atoms with E-state index in [2.05, 4.69) is 72.5 Å². The molecule has 0 saturated heterocycles. The maximum atomic E-state index is 13.0. The Hall–Kier alpha value is 0.940. The molecule has 0 aliphatic rings. The normalized spacial score (nSPS) is 12.5. The Morgan fingerprint density at radius 1 is 1.14 bits per heavy atom. The van der Waals surface area contributed by atoms with Gasteiger partial charge in [-0.2, -0.15) is 8.78 Å². The summed E-state index contributed by atoms with van der Waals surface area (Å²) in [5.74, 6) is -1.35. The molecular weight excluding hydrogens is 651 g/mol. The molecule has 0 heterocycles. The quantitative estimate of drug-likeness (QED) is 0.256. The lowest BCUT2D eigenvalue weighted by Gasteiger charge is -2.19. The molecule has 0 aliphatic heterocycles. The summed E-state index contributed by atoms with van der Waals surface area (Å²) in [4.78, 5) is 0. The van der Waals surface area contributed by atoms with Gasteiger partial charge in [-0.1, -0.05) is 0 Å². The number of halogens is 5. The van der Waals surface area contributed by atoms with Crippen molar-refractivity contribution in [2.75, 3.05) is 19.0 Å². The van der Waals surface area contributed by atoms with Gasteiger partial charge in [0.05, 0.1) is 13.7 Å². The number of benzene rings is 1. The smallest absolute Gasteiger partial charge is 0.368 e. The molecule has 0 N–H and O–H groups in total. The first-order valence-corrected chi connectivity index (χ1v) is 10.0. The molecule has 1 aromatic carbocycles. The lowest BCUT2D eigenvalue weighted by atomic mass is 10.3. The number of hydrogen-bond donors (Lipinski definition) is 0. The predicted octanol–water partition coefficient (Wildman–Crippen LogP) is 3.03. The van der Waals surface area contributed by atoms with E-state index in [-0.39, 0.29) is 6.61 Å². The molecular formula is C10H8F2I3O5S-. The topological polar surface area (TPSA) is 75.7 Å². The van der Waals surface area contributed by atoms with Crippen molar-refractivity contribution >= 4 is 77.9 Å². The summed E-state index contributed by atoms with van der Waals surface area (Å²) < 4.78 is 68.9. The molecule has 1 aromatic rings. The summed E-state index contributed by atoms with van der Waals surface area (Å²) in [5, 5.41) is 0. The third kappa shape index (κ3) is 7.85. The molecule has 0 bridgehead atoms. The first-order valence-electron chi connectivity index (χ1n) is 5.23. The van der Waals surface area contributed by atoms with Crippen molar-refractivity contribution in [2.45, 2.75) is 6.11 Å². The largest absolute Gasteiger partial charge is 0.748 e. The molecule has 0 atom stereocenters. The van der Waals surface area contributed by atoms with Crippen LogP contribution in [-0.4, -0.2) is 38.0 Å². The molecule has 0 aromatic heterocycles. The van der Waals surface area contributed by atoms with E-state index in [1.165, 1.54) is 0 Å². The van der Waals surface area contributed by atoms with Crippen molar-refractivity contribution in [3.05, 3.63) is 22.8 Å². The van der Waals surface area contributed by atoms with E-state index in [0.717, 1.165) is 10.7 Å². The van der Waals surface area contributed by atoms with Gasteiger partial charge in [0.2, 0.25) is 0 Å². The summed E-state index contributed by atoms with van der Waals surface area (Å²) in [6.45, 7) is -0.734. The van der Waals surface area contributed by atoms with Crippen LogP contribution in [0.5, 0.6) is 5.75 Å². The van der Waals surface area contributed by atoms with Crippen LogP contribution in [0.2, 0.25) is 0 Å². The number of rotatable bonds is 7. The minimum absolute atomic E-state index is 0.193. The second kappa shape index (κ2) is 8.16. The maximum absolute atomic E-state index is 13.0. The van der Waals surface area contributed by atoms with Crippen LogP contribution < -0.4 is 4.74 Å². The van der Waals surface area contributed by atoms with Gasteiger partial charge >= 0.3 is 6.11 Å². The van der Waals surface area contributed by atoms with Crippen LogP contribution in [-0.2, 0) is 14.9 Å². The Morgan fingerprint density at radius 2 is 1.67 bits per heavy atom. The average molecular weight is 659 g/mol. The monoisotopic (exact) mass is 659 g/mol. The molecule has 11 heteroatoms. The number of ether oxygens (including phenoxy) is 2. The fourth-order valence-corrected chi connectivity index (χ4v) is 5.64. The maximum Gasteiger partial charge on any atom is 0.368 e. The van der Waals surface area contributed by atoms with E-state index in [1.54, 1.807) is 0 Å². The molecule has 0 unspecified atom stereocenters. The van der Waals surface area contributed by atoms with Crippen molar-refractivity contribution in [3.63, 3.8) is 0 Å². The Morgan fingerprint density at radius 3 is 2.14 bits per heavy atom. The van der Waals surface area contributed by atoms with Gasteiger partial charge in [-0.25, -0.2) is 8.42 Å². The van der Waals surface area contributed by atoms with Crippen LogP contribution in [0, 0.1) is 10.7 Å². The van der Waals surface area contributed by atoms with Crippen LogP contribution in [0.1, 0.15) is 0 Å². The first-order chi connectivity index (χ1) is 9.50. The number of hydrogen-bond acceptors (Lipinski definition) is 5. The van der Waals surface area contributed by atoms with Gasteiger partial charge in [0.25, 0.3) is 0 Å². The fourth-order valence-electron chi connectivity index (χ4n) is 1.25. The van der Waals surface area contributed by atoms with Crippen LogP contribution in [0.25, 0.3) is 0 Å². The minimum Gasteiger partial charge on any atom is -0.748 e. The first kappa shape index (κ1) is 20.0. The fraction of sp³-hybridized carbons (Fsp3) is 0.400. The Labute approximate surface area is 161 Å². The Kier molecular flexibility index (Phi) is 7.77. The van der Waals surface area contributed by atoms with Crippen LogP contribution in [0.4, 0.5) is 8.78 Å². The zero-order chi connectivity index (χ0) is 16.3. The van der Waals surface area contributed by atoms with E-state index in [4.69, 9.17) is 4.74 Å². The van der Waals surface area contributed by atoms with Gasteiger partial charge in [0.15, 0.2) is 0 Å². The molecule has 120 valence electrons. The summed E-state index contributed by atoms with van der Waals surface area (Å²) in [7, 11) is -5.06. The average Bonchev–Trinajstić information content (AvgIpc) is 2.22. The molecule has 1 rings (SSSR count). The van der Waals surface area contributed by atoms with Crippen molar-refractivity contribution in [2.24, 2.45) is 0 Å². The van der Waals surface area contributed by atoms with Gasteiger partial charge in [0, 0.05) is 3.57 Å². The van der Waals surface area contributed by atoms with Gasteiger partial charge < -0.3 is 14.0 Å². The standard InChI is InChI=1S/C10H9F2I3O5S/c11-10(12,5-21(16,17)18)20-2-1-19-9-7(14)3-6(13)4-8(9)15/h3-4H,1-2,5H2,(H,16,17,18)/p-1. The third-order valence-corrected chi connectivity index (χ3v) is 4.87. The van der Waals surface area contributed by atoms with E-state index in [1.807, 2.05) is 12.1 Å². The molecule has 0 amide bonds. The summed E-state index contributed by atoms with van der Waals surface area (Å²) in [6.07, 6.45) is -4.02. The molecule has 0 saturated carbocycles. The molecule has 0 aliphatic carbocycles. The molecule has 0 radical (unpaired) electrons. The van der Waals surface area contributed by atoms with E-state index in [0.29, 0.717) is 5.75 Å². The molecule has 21 heavy (non-hydrogen) atoms. The van der Waals surface area contributed by atoms with Gasteiger partial charge in [-0.3, -0.25) is 0 Å². The van der Waals surface area contributed by atoms with E-state index < -0.39 is 28.6 Å². The molecule has 5 nitrogen and oxygen atoms in total. The van der Waals surface area contributed by atoms with Gasteiger partial charge in [-0.15, -0.1) is 0 Å². The van der Waals surface area contributed by atoms with Crippen LogP contribution in [0.15, 0.2) is 12.1 Å². The third-order valence-electron chi connectivity index (χ3n) is 1.95. The summed E-state index contributed by atoms with van der Waals surface area (Å²) >= 11 is 6.25. The highest BCUT2D eigenvalue weighted by molar-refractivity contribution is 14.1. The Balaban J connectivity index is 2.52. The number of alkyl halides is 2. The highest BCUT2D eigenvalue weighted by Gasteiger charge is 2.33. The van der Waals surface area contributed by atoms with Crippen molar-refractivity contribution < 1.29 is 31.2 Å². The summed E-state index contributed by atoms with van der Waals surface area (Å²) in [6, 6.07) is 3.72. The Bertz CT molecular complexity index is 586. The zero-order valence-corrected chi connectivity index (χ0v) is 17.4. The predicted molar refractivity (Wildman–Crippen MR) is 95.6 cm³/mol. The molecule has 0 spiro atoms. The zero-order valence-electron chi connectivity index (χ0n) is 10.1. The SMILES string of the molecule is O=S(=O)([O-])CC(F)(F)OCCOc1c(I)cc(I)cc1I. The lowest BCUT2D eigenvalue weighted by molar-refractivity contribution is -0.223. The highest BCUT2D eigenvalue weighted by atomic mass is 127. The minimum atomic E-state index is -5.06. The van der Waals surface area contributed by atoms with E-state index in [9.17, 15) is 21.8 Å². The van der Waals surface area contributed by atoms with Crippen LogP contribution in [0.3, 0.4) is 0 Å². The van der Waals surface area contributed by atoms with Gasteiger partial charge in [-0.05, 0) is 79.9 Å². The van der Waals surface area contributed by atoms with Crippen molar-refractivity contribution in [1.82, 2.24) is 0 Å². The molecule has 0 fully saturated rings. The van der Waals surface area contributed by atoms with Crippen molar-refractivity contribution in [3.8, 4) is 5.75 Å². The second-order valence-electron chi connectivity index (χ2n) is 3.73. The van der Waals surface area contributed by atoms with E-state index >= 15 is 0 Å². The summed E-state index contributed by atoms with van der Waals surface area (Å²) in [5.41, 5.74) is 0. The van der Waals surface area contributed by atoms with Crippen molar-refractivity contribution in [1.29, 1.82) is 0 Å². The van der Waals surface area contributed by atoms with Gasteiger partial charge in [0.1, 0.15) is 28.2 Å². The lowest BCUT2D eigenvalue weighted by Crippen LogP contribution is -2.32. The van der Waals surface area contributed by atoms with Crippen LogP contribution >= 0.6 is 67.8 Å². The second-order valence-corrected chi connectivity index (χ2v) is 8.71.